The molecule has 0 aliphatic rings. The zero-order valence-corrected chi connectivity index (χ0v) is 10.5. The second-order valence-electron chi connectivity index (χ2n) is 4.44. The molecule has 4 nitrogen and oxygen atoms in total. The second kappa shape index (κ2) is 4.67. The molecular weight excluding hydrogens is 212 g/mol. The van der Waals surface area contributed by atoms with Crippen molar-refractivity contribution in [2.75, 3.05) is 0 Å². The summed E-state index contributed by atoms with van der Waals surface area (Å²) in [6, 6.07) is 4.04. The molecule has 2 heterocycles. The van der Waals surface area contributed by atoms with Crippen LogP contribution in [0.5, 0.6) is 0 Å². The van der Waals surface area contributed by atoms with E-state index in [-0.39, 0.29) is 6.04 Å². The molecule has 4 heteroatoms. The number of pyridine rings is 1. The third kappa shape index (κ3) is 2.53. The Balaban J connectivity index is 2.20. The van der Waals surface area contributed by atoms with E-state index in [0.29, 0.717) is 0 Å². The van der Waals surface area contributed by atoms with Crippen molar-refractivity contribution in [3.63, 3.8) is 0 Å². The van der Waals surface area contributed by atoms with Crippen LogP contribution in [0.15, 0.2) is 24.5 Å². The molecule has 0 radical (unpaired) electrons. The van der Waals surface area contributed by atoms with Gasteiger partial charge in [0.15, 0.2) is 0 Å². The maximum Gasteiger partial charge on any atom is 0.0596 e. The monoisotopic (exact) mass is 230 g/mol. The van der Waals surface area contributed by atoms with Crippen LogP contribution in [0.25, 0.3) is 0 Å². The quantitative estimate of drug-likeness (QED) is 0.872. The van der Waals surface area contributed by atoms with Gasteiger partial charge in [-0.3, -0.25) is 9.67 Å². The third-order valence-corrected chi connectivity index (χ3v) is 3.01. The molecule has 0 amide bonds. The van der Waals surface area contributed by atoms with E-state index in [0.717, 1.165) is 23.4 Å². The van der Waals surface area contributed by atoms with Gasteiger partial charge >= 0.3 is 0 Å². The lowest BCUT2D eigenvalue weighted by Crippen LogP contribution is -2.16. The first-order valence-electron chi connectivity index (χ1n) is 5.73. The van der Waals surface area contributed by atoms with Crippen molar-refractivity contribution >= 4 is 0 Å². The third-order valence-electron chi connectivity index (χ3n) is 3.01. The topological polar surface area (TPSA) is 56.7 Å². The van der Waals surface area contributed by atoms with Crippen LogP contribution in [-0.4, -0.2) is 14.8 Å². The maximum absolute atomic E-state index is 6.22. The number of aryl methyl sites for hydroxylation is 3. The number of nitrogens with zero attached hydrogens (tertiary/aromatic N) is 3. The molecule has 90 valence electrons. The van der Waals surface area contributed by atoms with Crippen molar-refractivity contribution in [1.82, 2.24) is 14.8 Å². The van der Waals surface area contributed by atoms with E-state index in [2.05, 4.69) is 23.1 Å². The summed E-state index contributed by atoms with van der Waals surface area (Å²) in [5, 5.41) is 4.33. The minimum atomic E-state index is -0.0292. The predicted molar refractivity (Wildman–Crippen MR) is 67.6 cm³/mol. The Labute approximate surface area is 101 Å². The minimum Gasteiger partial charge on any atom is -0.324 e. The summed E-state index contributed by atoms with van der Waals surface area (Å²) in [7, 11) is 1.95. The molecule has 1 atom stereocenters. The Hall–Kier alpha value is -1.68. The van der Waals surface area contributed by atoms with Gasteiger partial charge in [-0.15, -0.1) is 0 Å². The van der Waals surface area contributed by atoms with Gasteiger partial charge in [-0.25, -0.2) is 0 Å². The van der Waals surface area contributed by atoms with E-state index in [1.807, 2.05) is 30.9 Å². The molecule has 0 aliphatic heterocycles. The fraction of sp³-hybridized carbons (Fsp3) is 0.385. The predicted octanol–water partition coefficient (Wildman–Crippen LogP) is 1.67. The molecule has 0 saturated heterocycles. The van der Waals surface area contributed by atoms with E-state index in [1.54, 1.807) is 6.20 Å². The van der Waals surface area contributed by atoms with Crippen LogP contribution in [0.2, 0.25) is 0 Å². The van der Waals surface area contributed by atoms with Crippen molar-refractivity contribution in [2.24, 2.45) is 12.8 Å². The van der Waals surface area contributed by atoms with Crippen molar-refractivity contribution in [3.8, 4) is 0 Å². The van der Waals surface area contributed by atoms with Crippen LogP contribution in [0.3, 0.4) is 0 Å². The average Bonchev–Trinajstić information content (AvgIpc) is 2.58. The van der Waals surface area contributed by atoms with E-state index in [4.69, 9.17) is 5.73 Å². The standard InChI is InChI=1S/C13H18N4/c1-9-4-5-15-8-12(9)13(14)7-11-6-10(2)16-17(11)3/h4-6,8,13H,7,14H2,1-3H3. The van der Waals surface area contributed by atoms with Crippen LogP contribution >= 0.6 is 0 Å². The van der Waals surface area contributed by atoms with Crippen molar-refractivity contribution in [1.29, 1.82) is 0 Å². The van der Waals surface area contributed by atoms with E-state index in [9.17, 15) is 0 Å². The Morgan fingerprint density at radius 2 is 2.18 bits per heavy atom. The largest absolute Gasteiger partial charge is 0.324 e. The molecule has 0 bridgehead atoms. The first-order valence-corrected chi connectivity index (χ1v) is 5.73. The van der Waals surface area contributed by atoms with Crippen molar-refractivity contribution in [3.05, 3.63) is 47.0 Å². The second-order valence-corrected chi connectivity index (χ2v) is 4.44. The van der Waals surface area contributed by atoms with Gasteiger partial charge in [-0.1, -0.05) is 0 Å². The average molecular weight is 230 g/mol. The number of nitrogens with two attached hydrogens (primary N) is 1. The Morgan fingerprint density at radius 1 is 1.41 bits per heavy atom. The number of hydrogen-bond donors (Lipinski definition) is 1. The summed E-state index contributed by atoms with van der Waals surface area (Å²) in [4.78, 5) is 4.13. The molecule has 2 aromatic rings. The fourth-order valence-electron chi connectivity index (χ4n) is 2.05. The van der Waals surface area contributed by atoms with Crippen LogP contribution in [0, 0.1) is 13.8 Å². The van der Waals surface area contributed by atoms with Gasteiger partial charge in [-0.05, 0) is 37.1 Å². The SMILES string of the molecule is Cc1cc(CC(N)c2cnccc2C)n(C)n1. The van der Waals surface area contributed by atoms with Gasteiger partial charge in [0.25, 0.3) is 0 Å². The van der Waals surface area contributed by atoms with Gasteiger partial charge in [-0.2, -0.15) is 5.10 Å². The molecule has 0 saturated carbocycles. The molecule has 0 aliphatic carbocycles. The number of hydrogen-bond acceptors (Lipinski definition) is 3. The lowest BCUT2D eigenvalue weighted by Gasteiger charge is -2.13. The highest BCUT2D eigenvalue weighted by atomic mass is 15.3. The molecule has 2 aromatic heterocycles. The maximum atomic E-state index is 6.22. The van der Waals surface area contributed by atoms with E-state index in [1.165, 1.54) is 5.56 Å². The highest BCUT2D eigenvalue weighted by Gasteiger charge is 2.12. The fourth-order valence-corrected chi connectivity index (χ4v) is 2.05. The molecule has 2 rings (SSSR count). The summed E-state index contributed by atoms with van der Waals surface area (Å²) >= 11 is 0. The summed E-state index contributed by atoms with van der Waals surface area (Å²) in [5.74, 6) is 0. The number of aromatic nitrogens is 3. The molecule has 0 fully saturated rings. The molecule has 0 spiro atoms. The highest BCUT2D eigenvalue weighted by molar-refractivity contribution is 5.26. The lowest BCUT2D eigenvalue weighted by atomic mass is 10.0. The van der Waals surface area contributed by atoms with Gasteiger partial charge in [0.1, 0.15) is 0 Å². The summed E-state index contributed by atoms with van der Waals surface area (Å²) in [5.41, 5.74) is 10.7. The minimum absolute atomic E-state index is 0.0292. The van der Waals surface area contributed by atoms with Crippen molar-refractivity contribution < 1.29 is 0 Å². The molecule has 2 N–H and O–H groups in total. The zero-order chi connectivity index (χ0) is 12.4. The summed E-state index contributed by atoms with van der Waals surface area (Å²) in [6.45, 7) is 4.05. The lowest BCUT2D eigenvalue weighted by molar-refractivity contribution is 0.636. The normalized spacial score (nSPS) is 12.7. The van der Waals surface area contributed by atoms with Gasteiger partial charge in [0, 0.05) is 37.6 Å². The first-order chi connectivity index (χ1) is 8.08. The smallest absolute Gasteiger partial charge is 0.0596 e. The van der Waals surface area contributed by atoms with E-state index < -0.39 is 0 Å². The highest BCUT2D eigenvalue weighted by Crippen LogP contribution is 2.18. The van der Waals surface area contributed by atoms with Crippen LogP contribution in [-0.2, 0) is 13.5 Å². The molecular formula is C13H18N4. The van der Waals surface area contributed by atoms with Crippen LogP contribution in [0.1, 0.15) is 28.6 Å². The molecule has 1 unspecified atom stereocenters. The summed E-state index contributed by atoms with van der Waals surface area (Å²) < 4.78 is 1.89. The van der Waals surface area contributed by atoms with E-state index >= 15 is 0 Å². The Bertz CT molecular complexity index is 516. The van der Waals surface area contributed by atoms with Gasteiger partial charge in [0.05, 0.1) is 5.69 Å². The van der Waals surface area contributed by atoms with Gasteiger partial charge < -0.3 is 5.73 Å². The zero-order valence-electron chi connectivity index (χ0n) is 10.5. The Kier molecular flexibility index (Phi) is 3.24. The summed E-state index contributed by atoms with van der Waals surface area (Å²) in [6.07, 6.45) is 4.42. The number of rotatable bonds is 3. The van der Waals surface area contributed by atoms with Crippen LogP contribution in [0.4, 0.5) is 0 Å². The van der Waals surface area contributed by atoms with Crippen molar-refractivity contribution in [2.45, 2.75) is 26.3 Å². The molecule has 17 heavy (non-hydrogen) atoms. The first kappa shape index (κ1) is 11.8. The van der Waals surface area contributed by atoms with Crippen LogP contribution < -0.4 is 5.73 Å². The molecule has 0 aromatic carbocycles. The van der Waals surface area contributed by atoms with Gasteiger partial charge in [0.2, 0.25) is 0 Å². The Morgan fingerprint density at radius 3 is 2.76 bits per heavy atom.